The number of nitrogens with one attached hydrogen (secondary N) is 1. The molecular weight excluding hydrogens is 454 g/mol. The molecule has 3 aromatic carbocycles. The van der Waals surface area contributed by atoms with Gasteiger partial charge in [0.05, 0.1) is 16.2 Å². The van der Waals surface area contributed by atoms with Gasteiger partial charge in [-0.05, 0) is 67.9 Å². The largest absolute Gasteiger partial charge is 0.309 e. The fourth-order valence-corrected chi connectivity index (χ4v) is 4.69. The van der Waals surface area contributed by atoms with Crippen molar-refractivity contribution in [2.24, 2.45) is 0 Å². The first-order chi connectivity index (χ1) is 16.0. The van der Waals surface area contributed by atoms with E-state index in [0.29, 0.717) is 32.7 Å². The number of benzene rings is 3. The molecule has 0 fully saturated rings. The number of rotatable bonds is 5. The zero-order valence-corrected chi connectivity index (χ0v) is 19.6. The van der Waals surface area contributed by atoms with Gasteiger partial charge in [-0.1, -0.05) is 47.6 Å². The lowest BCUT2D eigenvalue weighted by Gasteiger charge is -2.14. The maximum Gasteiger partial charge on any atom is 0.258 e. The summed E-state index contributed by atoms with van der Waals surface area (Å²) in [7, 11) is 0. The quantitative estimate of drug-likeness (QED) is 0.317. The van der Waals surface area contributed by atoms with Crippen LogP contribution >= 0.6 is 23.4 Å². The molecule has 5 rings (SSSR count). The van der Waals surface area contributed by atoms with E-state index in [2.05, 4.69) is 39.2 Å². The van der Waals surface area contributed by atoms with E-state index < -0.39 is 0 Å². The zero-order valence-electron chi connectivity index (χ0n) is 18.0. The maximum atomic E-state index is 12.6. The summed E-state index contributed by atoms with van der Waals surface area (Å²) in [6.07, 6.45) is 0. The predicted molar refractivity (Wildman–Crippen MR) is 133 cm³/mol. The molecule has 0 aliphatic rings. The number of halogens is 1. The van der Waals surface area contributed by atoms with Gasteiger partial charge in [0.25, 0.3) is 5.56 Å². The Morgan fingerprint density at radius 1 is 1.00 bits per heavy atom. The number of hydrogen-bond acceptors (Lipinski definition) is 5. The van der Waals surface area contributed by atoms with Crippen LogP contribution in [0.25, 0.3) is 28.0 Å². The predicted octanol–water partition coefficient (Wildman–Crippen LogP) is 5.99. The lowest BCUT2D eigenvalue weighted by molar-refractivity contribution is 0.862. The Balaban J connectivity index is 1.58. The highest BCUT2D eigenvalue weighted by atomic mass is 35.5. The third-order valence-corrected chi connectivity index (χ3v) is 6.60. The van der Waals surface area contributed by atoms with Gasteiger partial charge in [0.2, 0.25) is 0 Å². The molecule has 0 radical (unpaired) electrons. The molecule has 0 aliphatic carbocycles. The highest BCUT2D eigenvalue weighted by molar-refractivity contribution is 7.99. The van der Waals surface area contributed by atoms with E-state index in [0.717, 1.165) is 16.8 Å². The summed E-state index contributed by atoms with van der Waals surface area (Å²) in [6, 6.07) is 23.0. The van der Waals surface area contributed by atoms with Crippen LogP contribution in [-0.4, -0.2) is 24.7 Å². The number of para-hydroxylation sites is 1. The fraction of sp³-hybridized carbons (Fsp3) is 0.120. The van der Waals surface area contributed by atoms with Crippen LogP contribution in [0.1, 0.15) is 23.6 Å². The number of aryl methyl sites for hydroxylation is 1. The van der Waals surface area contributed by atoms with Crippen molar-refractivity contribution in [2.45, 2.75) is 24.3 Å². The highest BCUT2D eigenvalue weighted by Gasteiger charge is 2.21. The standard InChI is InChI=1S/C25H20ClN5OS/c1-15-6-5-7-19(14-15)31-23(17-10-12-18(26)13-11-17)29-30-25(31)33-16(2)22-27-21-9-4-3-8-20(21)24(32)28-22/h3-14,16H,1-2H3,(H,27,28,32). The second-order valence-corrected chi connectivity index (χ2v) is 9.46. The molecule has 5 aromatic rings. The van der Waals surface area contributed by atoms with Crippen LogP contribution in [0.4, 0.5) is 0 Å². The van der Waals surface area contributed by atoms with E-state index >= 15 is 0 Å². The highest BCUT2D eigenvalue weighted by Crippen LogP contribution is 2.36. The number of aromatic nitrogens is 5. The first kappa shape index (κ1) is 21.4. The van der Waals surface area contributed by atoms with Gasteiger partial charge in [0, 0.05) is 16.3 Å². The van der Waals surface area contributed by atoms with E-state index in [4.69, 9.17) is 11.6 Å². The van der Waals surface area contributed by atoms with Gasteiger partial charge in [0.15, 0.2) is 11.0 Å². The van der Waals surface area contributed by atoms with Crippen LogP contribution in [0.2, 0.25) is 5.02 Å². The van der Waals surface area contributed by atoms with Gasteiger partial charge in [0.1, 0.15) is 5.82 Å². The van der Waals surface area contributed by atoms with Crippen molar-refractivity contribution in [2.75, 3.05) is 0 Å². The molecule has 164 valence electrons. The van der Waals surface area contributed by atoms with Gasteiger partial charge in [-0.25, -0.2) is 4.98 Å². The van der Waals surface area contributed by atoms with Gasteiger partial charge in [-0.2, -0.15) is 0 Å². The number of thioether (sulfide) groups is 1. The Bertz CT molecular complexity index is 1510. The summed E-state index contributed by atoms with van der Waals surface area (Å²) in [4.78, 5) is 20.1. The Kier molecular flexibility index (Phi) is 5.74. The molecule has 0 bridgehead atoms. The summed E-state index contributed by atoms with van der Waals surface area (Å²) < 4.78 is 2.02. The summed E-state index contributed by atoms with van der Waals surface area (Å²) in [5.41, 5.74) is 3.52. The monoisotopic (exact) mass is 473 g/mol. The molecule has 1 atom stereocenters. The second-order valence-electron chi connectivity index (χ2n) is 7.72. The molecule has 0 aliphatic heterocycles. The molecule has 0 saturated heterocycles. The summed E-state index contributed by atoms with van der Waals surface area (Å²) >= 11 is 7.58. The van der Waals surface area contributed by atoms with Crippen molar-refractivity contribution in [3.8, 4) is 17.1 Å². The molecule has 2 aromatic heterocycles. The van der Waals surface area contributed by atoms with Crippen LogP contribution in [0, 0.1) is 6.92 Å². The molecule has 0 saturated carbocycles. The molecule has 0 amide bonds. The van der Waals surface area contributed by atoms with Crippen molar-refractivity contribution in [1.82, 2.24) is 24.7 Å². The molecule has 33 heavy (non-hydrogen) atoms. The van der Waals surface area contributed by atoms with E-state index in [9.17, 15) is 4.79 Å². The van der Waals surface area contributed by atoms with Crippen LogP contribution < -0.4 is 5.56 Å². The molecule has 6 nitrogen and oxygen atoms in total. The van der Waals surface area contributed by atoms with Crippen molar-refractivity contribution in [1.29, 1.82) is 0 Å². The lowest BCUT2D eigenvalue weighted by atomic mass is 10.2. The van der Waals surface area contributed by atoms with Crippen LogP contribution in [0.15, 0.2) is 82.7 Å². The SMILES string of the molecule is Cc1cccc(-n2c(SC(C)c3nc4ccccc4c(=O)[nH]3)nnc2-c2ccc(Cl)cc2)c1. The second kappa shape index (κ2) is 8.84. The third-order valence-electron chi connectivity index (χ3n) is 5.29. The molecule has 8 heteroatoms. The average molecular weight is 474 g/mol. The number of aromatic amines is 1. The number of fused-ring (bicyclic) bond motifs is 1. The van der Waals surface area contributed by atoms with Crippen molar-refractivity contribution in [3.63, 3.8) is 0 Å². The number of H-pyrrole nitrogens is 1. The minimum Gasteiger partial charge on any atom is -0.309 e. The van der Waals surface area contributed by atoms with Gasteiger partial charge >= 0.3 is 0 Å². The maximum absolute atomic E-state index is 12.6. The first-order valence-electron chi connectivity index (χ1n) is 10.4. The van der Waals surface area contributed by atoms with Crippen molar-refractivity contribution < 1.29 is 0 Å². The van der Waals surface area contributed by atoms with Crippen molar-refractivity contribution in [3.05, 3.63) is 99.6 Å². The Hall–Kier alpha value is -3.42. The van der Waals surface area contributed by atoms with E-state index in [1.54, 1.807) is 6.07 Å². The van der Waals surface area contributed by atoms with Crippen LogP contribution in [0.3, 0.4) is 0 Å². The minimum absolute atomic E-state index is 0.148. The Labute approximate surface area is 199 Å². The van der Waals surface area contributed by atoms with Crippen LogP contribution in [0.5, 0.6) is 0 Å². The smallest absolute Gasteiger partial charge is 0.258 e. The van der Waals surface area contributed by atoms with E-state index in [-0.39, 0.29) is 10.8 Å². The van der Waals surface area contributed by atoms with E-state index in [1.807, 2.05) is 66.1 Å². The molecule has 1 N–H and O–H groups in total. The number of hydrogen-bond donors (Lipinski definition) is 1. The molecular formula is C25H20ClN5OS. The third kappa shape index (κ3) is 4.29. The topological polar surface area (TPSA) is 76.5 Å². The Morgan fingerprint density at radius 2 is 1.79 bits per heavy atom. The van der Waals surface area contributed by atoms with Crippen LogP contribution in [-0.2, 0) is 0 Å². The normalized spacial score (nSPS) is 12.2. The van der Waals surface area contributed by atoms with Gasteiger partial charge < -0.3 is 4.98 Å². The molecule has 1 unspecified atom stereocenters. The molecule has 2 heterocycles. The van der Waals surface area contributed by atoms with Crippen molar-refractivity contribution >= 4 is 34.3 Å². The minimum atomic E-state index is -0.159. The number of nitrogens with zero attached hydrogens (tertiary/aromatic N) is 4. The zero-order chi connectivity index (χ0) is 22.9. The lowest BCUT2D eigenvalue weighted by Crippen LogP contribution is -2.13. The van der Waals surface area contributed by atoms with Gasteiger partial charge in [-0.15, -0.1) is 10.2 Å². The first-order valence-corrected chi connectivity index (χ1v) is 11.7. The van der Waals surface area contributed by atoms with Gasteiger partial charge in [-0.3, -0.25) is 9.36 Å². The fourth-order valence-electron chi connectivity index (χ4n) is 3.64. The average Bonchev–Trinajstić information content (AvgIpc) is 3.23. The summed E-state index contributed by atoms with van der Waals surface area (Å²) in [5, 5.41) is 10.8. The summed E-state index contributed by atoms with van der Waals surface area (Å²) in [5.74, 6) is 1.31. The van der Waals surface area contributed by atoms with E-state index in [1.165, 1.54) is 11.8 Å². The summed E-state index contributed by atoms with van der Waals surface area (Å²) in [6.45, 7) is 4.05. The molecule has 0 spiro atoms. The Morgan fingerprint density at radius 3 is 2.58 bits per heavy atom.